The zero-order chi connectivity index (χ0) is 13.0. The number of hydrogen-bond donors (Lipinski definition) is 2. The first-order chi connectivity index (χ1) is 8.66. The van der Waals surface area contributed by atoms with Crippen molar-refractivity contribution in [3.05, 3.63) is 53.6 Å². The predicted molar refractivity (Wildman–Crippen MR) is 69.0 cm³/mol. The maximum absolute atomic E-state index is 13.7. The van der Waals surface area contributed by atoms with Crippen molar-refractivity contribution in [3.8, 4) is 0 Å². The van der Waals surface area contributed by atoms with E-state index in [1.807, 2.05) is 0 Å². The minimum absolute atomic E-state index is 0.139. The molecule has 6 heteroatoms. The lowest BCUT2D eigenvalue weighted by atomic mass is 10.1. The molecule has 0 aliphatic heterocycles. The van der Waals surface area contributed by atoms with Crippen LogP contribution in [0.5, 0.6) is 0 Å². The fourth-order valence-electron chi connectivity index (χ4n) is 1.33. The van der Waals surface area contributed by atoms with E-state index < -0.39 is 0 Å². The van der Waals surface area contributed by atoms with Gasteiger partial charge in [-0.15, -0.1) is 0 Å². The van der Waals surface area contributed by atoms with Crippen LogP contribution < -0.4 is 5.73 Å². The van der Waals surface area contributed by atoms with Crippen LogP contribution in [0.2, 0.25) is 0 Å². The number of thioether (sulfide) groups is 1. The van der Waals surface area contributed by atoms with Gasteiger partial charge in [0.25, 0.3) is 0 Å². The molecule has 0 unspecified atom stereocenters. The summed E-state index contributed by atoms with van der Waals surface area (Å²) in [5.41, 5.74) is 6.21. The van der Waals surface area contributed by atoms with Crippen LogP contribution in [0.25, 0.3) is 0 Å². The van der Waals surface area contributed by atoms with Crippen LogP contribution in [0, 0.1) is 11.2 Å². The first kappa shape index (κ1) is 12.5. The SMILES string of the molecule is N=C(N)c1ccc(CSc2ncccn2)c(F)c1. The van der Waals surface area contributed by atoms with E-state index in [0.29, 0.717) is 22.0 Å². The number of benzene rings is 1. The van der Waals surface area contributed by atoms with E-state index in [-0.39, 0.29) is 11.7 Å². The molecule has 0 saturated heterocycles. The van der Waals surface area contributed by atoms with E-state index in [1.165, 1.54) is 17.8 Å². The summed E-state index contributed by atoms with van der Waals surface area (Å²) in [6.07, 6.45) is 3.29. The number of nitrogen functional groups attached to an aromatic ring is 1. The van der Waals surface area contributed by atoms with E-state index in [1.54, 1.807) is 30.6 Å². The van der Waals surface area contributed by atoms with E-state index >= 15 is 0 Å². The predicted octanol–water partition coefficient (Wildman–Crippen LogP) is 2.19. The molecule has 2 aromatic rings. The quantitative estimate of drug-likeness (QED) is 0.383. The van der Waals surface area contributed by atoms with Crippen LogP contribution in [0.1, 0.15) is 11.1 Å². The van der Waals surface area contributed by atoms with Gasteiger partial charge in [-0.2, -0.15) is 0 Å². The van der Waals surface area contributed by atoms with Gasteiger partial charge in [-0.1, -0.05) is 23.9 Å². The lowest BCUT2D eigenvalue weighted by molar-refractivity contribution is 0.617. The van der Waals surface area contributed by atoms with Gasteiger partial charge in [0, 0.05) is 23.7 Å². The fourth-order valence-corrected chi connectivity index (χ4v) is 2.12. The van der Waals surface area contributed by atoms with Crippen molar-refractivity contribution in [2.75, 3.05) is 0 Å². The van der Waals surface area contributed by atoms with Crippen molar-refractivity contribution in [3.63, 3.8) is 0 Å². The molecule has 18 heavy (non-hydrogen) atoms. The summed E-state index contributed by atoms with van der Waals surface area (Å²) >= 11 is 1.35. The number of hydrogen-bond acceptors (Lipinski definition) is 4. The molecule has 0 fully saturated rings. The van der Waals surface area contributed by atoms with Crippen molar-refractivity contribution in [1.82, 2.24) is 9.97 Å². The van der Waals surface area contributed by atoms with Gasteiger partial charge in [-0.05, 0) is 17.7 Å². The highest BCUT2D eigenvalue weighted by Gasteiger charge is 2.06. The standard InChI is InChI=1S/C12H11FN4S/c13-10-6-8(11(14)15)2-3-9(10)7-18-12-16-4-1-5-17-12/h1-6H,7H2,(H3,14,15). The molecule has 0 saturated carbocycles. The molecule has 0 aliphatic rings. The number of amidine groups is 1. The van der Waals surface area contributed by atoms with Crippen molar-refractivity contribution < 1.29 is 4.39 Å². The summed E-state index contributed by atoms with van der Waals surface area (Å²) in [5.74, 6) is -0.0702. The van der Waals surface area contributed by atoms with Crippen LogP contribution >= 0.6 is 11.8 Å². The number of rotatable bonds is 4. The third-order valence-corrected chi connectivity index (χ3v) is 3.19. The van der Waals surface area contributed by atoms with Gasteiger partial charge in [-0.25, -0.2) is 14.4 Å². The smallest absolute Gasteiger partial charge is 0.187 e. The Labute approximate surface area is 108 Å². The number of nitrogens with two attached hydrogens (primary N) is 1. The first-order valence-corrected chi connectivity index (χ1v) is 6.18. The Bertz CT molecular complexity index is 559. The lowest BCUT2D eigenvalue weighted by Gasteiger charge is -2.04. The Hall–Kier alpha value is -1.95. The molecular formula is C12H11FN4S. The number of nitrogens with one attached hydrogen (secondary N) is 1. The normalized spacial score (nSPS) is 10.3. The van der Waals surface area contributed by atoms with Gasteiger partial charge in [0.2, 0.25) is 0 Å². The average Bonchev–Trinajstić information content (AvgIpc) is 2.38. The first-order valence-electron chi connectivity index (χ1n) is 5.19. The molecule has 4 nitrogen and oxygen atoms in total. The molecular weight excluding hydrogens is 251 g/mol. The molecule has 1 aromatic carbocycles. The Morgan fingerprint density at radius 2 is 2.06 bits per heavy atom. The minimum atomic E-state index is -0.369. The minimum Gasteiger partial charge on any atom is -0.384 e. The molecule has 3 N–H and O–H groups in total. The highest BCUT2D eigenvalue weighted by atomic mass is 32.2. The van der Waals surface area contributed by atoms with Crippen LogP contribution in [-0.4, -0.2) is 15.8 Å². The van der Waals surface area contributed by atoms with Crippen LogP contribution in [0.3, 0.4) is 0 Å². The lowest BCUT2D eigenvalue weighted by Crippen LogP contribution is -2.11. The molecule has 0 spiro atoms. The summed E-state index contributed by atoms with van der Waals surface area (Å²) in [6.45, 7) is 0. The molecule has 2 rings (SSSR count). The Kier molecular flexibility index (Phi) is 3.88. The van der Waals surface area contributed by atoms with Crippen LogP contribution in [0.15, 0.2) is 41.8 Å². The highest BCUT2D eigenvalue weighted by Crippen LogP contribution is 2.21. The molecule has 0 amide bonds. The third-order valence-electron chi connectivity index (χ3n) is 2.26. The average molecular weight is 262 g/mol. The van der Waals surface area contributed by atoms with Gasteiger partial charge >= 0.3 is 0 Å². The highest BCUT2D eigenvalue weighted by molar-refractivity contribution is 7.98. The molecule has 0 radical (unpaired) electrons. The van der Waals surface area contributed by atoms with E-state index in [0.717, 1.165) is 0 Å². The van der Waals surface area contributed by atoms with Crippen LogP contribution in [0.4, 0.5) is 4.39 Å². The summed E-state index contributed by atoms with van der Waals surface area (Å²) in [4.78, 5) is 8.09. The second-order valence-electron chi connectivity index (χ2n) is 3.54. The monoisotopic (exact) mass is 262 g/mol. The number of nitrogens with zero attached hydrogens (tertiary/aromatic N) is 2. The summed E-state index contributed by atoms with van der Waals surface area (Å²) < 4.78 is 13.7. The third kappa shape index (κ3) is 3.04. The largest absolute Gasteiger partial charge is 0.384 e. The van der Waals surface area contributed by atoms with E-state index in [4.69, 9.17) is 11.1 Å². The molecule has 0 bridgehead atoms. The maximum Gasteiger partial charge on any atom is 0.187 e. The Balaban J connectivity index is 2.08. The Morgan fingerprint density at radius 3 is 2.67 bits per heavy atom. The zero-order valence-corrected chi connectivity index (χ0v) is 10.2. The van der Waals surface area contributed by atoms with Gasteiger partial charge in [0.05, 0.1) is 0 Å². The maximum atomic E-state index is 13.7. The van der Waals surface area contributed by atoms with Crippen molar-refractivity contribution in [1.29, 1.82) is 5.41 Å². The topological polar surface area (TPSA) is 75.7 Å². The second kappa shape index (κ2) is 5.59. The van der Waals surface area contributed by atoms with Crippen molar-refractivity contribution in [2.24, 2.45) is 5.73 Å². The zero-order valence-electron chi connectivity index (χ0n) is 9.43. The number of aromatic nitrogens is 2. The van der Waals surface area contributed by atoms with Crippen molar-refractivity contribution >= 4 is 17.6 Å². The summed E-state index contributed by atoms with van der Waals surface area (Å²) in [6, 6.07) is 6.26. The van der Waals surface area contributed by atoms with Gasteiger partial charge in [0.15, 0.2) is 5.16 Å². The molecule has 0 aliphatic carbocycles. The van der Waals surface area contributed by atoms with Gasteiger partial charge < -0.3 is 5.73 Å². The second-order valence-corrected chi connectivity index (χ2v) is 4.48. The van der Waals surface area contributed by atoms with Gasteiger partial charge in [0.1, 0.15) is 11.7 Å². The molecule has 1 aromatic heterocycles. The van der Waals surface area contributed by atoms with E-state index in [9.17, 15) is 4.39 Å². The fraction of sp³-hybridized carbons (Fsp3) is 0.0833. The van der Waals surface area contributed by atoms with Crippen LogP contribution in [-0.2, 0) is 5.75 Å². The summed E-state index contributed by atoms with van der Waals surface area (Å²) in [5, 5.41) is 7.83. The molecule has 92 valence electrons. The van der Waals surface area contributed by atoms with E-state index in [2.05, 4.69) is 9.97 Å². The van der Waals surface area contributed by atoms with Crippen molar-refractivity contribution in [2.45, 2.75) is 10.9 Å². The summed E-state index contributed by atoms with van der Waals surface area (Å²) in [7, 11) is 0. The molecule has 0 atom stereocenters. The molecule has 1 heterocycles. The Morgan fingerprint density at radius 1 is 1.33 bits per heavy atom. The number of halogens is 1. The van der Waals surface area contributed by atoms with Gasteiger partial charge in [-0.3, -0.25) is 5.41 Å².